The van der Waals surface area contributed by atoms with E-state index in [1.807, 2.05) is 6.07 Å². The normalized spacial score (nSPS) is 22.1. The topological polar surface area (TPSA) is 58.5 Å². The number of benzene rings is 1. The first kappa shape index (κ1) is 18.3. The molecule has 0 unspecified atom stereocenters. The van der Waals surface area contributed by atoms with Gasteiger partial charge in [0, 0.05) is 30.2 Å². The van der Waals surface area contributed by atoms with Crippen LogP contribution in [0.25, 0.3) is 11.0 Å². The number of anilines is 1. The van der Waals surface area contributed by atoms with Crippen LogP contribution in [-0.2, 0) is 16.8 Å². The van der Waals surface area contributed by atoms with Crippen LogP contribution < -0.4 is 16.0 Å². The lowest BCUT2D eigenvalue weighted by Crippen LogP contribution is -2.48. The first-order valence-corrected chi connectivity index (χ1v) is 10.8. The van der Waals surface area contributed by atoms with Gasteiger partial charge in [-0.2, -0.15) is 0 Å². The van der Waals surface area contributed by atoms with Crippen molar-refractivity contribution in [3.63, 3.8) is 0 Å². The van der Waals surface area contributed by atoms with Crippen LogP contribution in [-0.4, -0.2) is 19.3 Å². The van der Waals surface area contributed by atoms with Crippen molar-refractivity contribution in [3.05, 3.63) is 40.9 Å². The van der Waals surface area contributed by atoms with Crippen molar-refractivity contribution in [2.24, 2.45) is 0 Å². The molecule has 6 heteroatoms. The number of hydrogen-bond donors (Lipinski definition) is 3. The van der Waals surface area contributed by atoms with E-state index in [1.54, 1.807) is 0 Å². The monoisotopic (exact) mass is 401 g/mol. The van der Waals surface area contributed by atoms with Crippen molar-refractivity contribution in [2.45, 2.75) is 63.1 Å². The van der Waals surface area contributed by atoms with E-state index < -0.39 is 0 Å². The minimum absolute atomic E-state index is 0.137. The maximum atomic E-state index is 6.69. The molecule has 5 rings (SSSR count). The number of fused-ring (bicyclic) bond motifs is 4. The fourth-order valence-corrected chi connectivity index (χ4v) is 5.34. The van der Waals surface area contributed by atoms with Crippen molar-refractivity contribution in [1.82, 2.24) is 10.6 Å². The highest BCUT2D eigenvalue weighted by atomic mass is 35.5. The zero-order valence-corrected chi connectivity index (χ0v) is 17.0. The Labute approximate surface area is 170 Å². The number of hydrogen-bond acceptors (Lipinski definition) is 5. The maximum absolute atomic E-state index is 6.69. The molecule has 2 aromatic rings. The molecule has 28 heavy (non-hydrogen) atoms. The summed E-state index contributed by atoms with van der Waals surface area (Å²) in [6, 6.07) is 4.64. The van der Waals surface area contributed by atoms with Crippen LogP contribution in [0.5, 0.6) is 0 Å². The smallest absolute Gasteiger partial charge is 0.142 e. The largest absolute Gasteiger partial charge is 0.459 e. The molecule has 3 N–H and O–H groups in total. The molecule has 3 aliphatic rings. The molecule has 0 amide bonds. The molecule has 0 radical (unpaired) electrons. The molecule has 1 aromatic heterocycles. The van der Waals surface area contributed by atoms with E-state index in [4.69, 9.17) is 20.8 Å². The third kappa shape index (κ3) is 3.19. The van der Waals surface area contributed by atoms with Crippen molar-refractivity contribution < 1.29 is 9.15 Å². The van der Waals surface area contributed by atoms with Gasteiger partial charge in [0.25, 0.3) is 0 Å². The predicted molar refractivity (Wildman–Crippen MR) is 113 cm³/mol. The highest BCUT2D eigenvalue weighted by Gasteiger charge is 2.42. The van der Waals surface area contributed by atoms with Gasteiger partial charge in [-0.3, -0.25) is 0 Å². The van der Waals surface area contributed by atoms with Gasteiger partial charge in [0.1, 0.15) is 11.3 Å². The van der Waals surface area contributed by atoms with E-state index in [9.17, 15) is 0 Å². The van der Waals surface area contributed by atoms with E-state index in [-0.39, 0.29) is 5.54 Å². The van der Waals surface area contributed by atoms with E-state index in [0.29, 0.717) is 6.04 Å². The van der Waals surface area contributed by atoms with Gasteiger partial charge in [-0.05, 0) is 37.8 Å². The van der Waals surface area contributed by atoms with E-state index >= 15 is 0 Å². The quantitative estimate of drug-likeness (QED) is 0.675. The number of furan rings is 1. The maximum Gasteiger partial charge on any atom is 0.142 e. The summed E-state index contributed by atoms with van der Waals surface area (Å²) in [5.74, 6) is 1.78. The second-order valence-corrected chi connectivity index (χ2v) is 8.79. The van der Waals surface area contributed by atoms with Gasteiger partial charge >= 0.3 is 0 Å². The molecule has 3 heterocycles. The van der Waals surface area contributed by atoms with Gasteiger partial charge < -0.3 is 25.1 Å². The van der Waals surface area contributed by atoms with Crippen LogP contribution in [0, 0.1) is 0 Å². The van der Waals surface area contributed by atoms with Crippen molar-refractivity contribution in [1.29, 1.82) is 0 Å². The van der Waals surface area contributed by atoms with E-state index in [2.05, 4.69) is 28.6 Å². The summed E-state index contributed by atoms with van der Waals surface area (Å²) in [7, 11) is 0. The molecule has 1 saturated carbocycles. The summed E-state index contributed by atoms with van der Waals surface area (Å²) < 4.78 is 11.9. The molecule has 1 aromatic carbocycles. The highest BCUT2D eigenvalue weighted by molar-refractivity contribution is 6.34. The lowest BCUT2D eigenvalue weighted by molar-refractivity contribution is 0.0771. The first-order chi connectivity index (χ1) is 13.6. The second kappa shape index (κ2) is 7.29. The average molecular weight is 402 g/mol. The third-order valence-electron chi connectivity index (χ3n) is 6.45. The Morgan fingerprint density at radius 1 is 1.18 bits per heavy atom. The Hall–Kier alpha value is -1.69. The summed E-state index contributed by atoms with van der Waals surface area (Å²) in [6.07, 6.45) is 7.94. The Kier molecular flexibility index (Phi) is 4.77. The average Bonchev–Trinajstić information content (AvgIpc) is 3.10. The SMILES string of the molecule is C=C1Nc2c(Cl)cc3cc(CNC4CCOCC4)oc3c2C2(CCCCC2)N1. The number of rotatable bonds is 3. The number of halogens is 1. The minimum atomic E-state index is -0.137. The number of nitrogens with one attached hydrogen (secondary N) is 3. The fourth-order valence-electron chi connectivity index (χ4n) is 5.08. The summed E-state index contributed by atoms with van der Waals surface area (Å²) in [4.78, 5) is 0. The lowest BCUT2D eigenvalue weighted by atomic mass is 9.74. The zero-order valence-electron chi connectivity index (χ0n) is 16.2. The molecule has 5 nitrogen and oxygen atoms in total. The number of ether oxygens (including phenoxy) is 1. The van der Waals surface area contributed by atoms with Gasteiger partial charge in [-0.1, -0.05) is 37.4 Å². The second-order valence-electron chi connectivity index (χ2n) is 8.38. The minimum Gasteiger partial charge on any atom is -0.459 e. The van der Waals surface area contributed by atoms with Crippen LogP contribution in [0.15, 0.2) is 28.9 Å². The molecule has 1 saturated heterocycles. The molecule has 0 bridgehead atoms. The molecule has 2 fully saturated rings. The Morgan fingerprint density at radius 3 is 2.75 bits per heavy atom. The Bertz CT molecular complexity index is 895. The van der Waals surface area contributed by atoms with E-state index in [0.717, 1.165) is 78.7 Å². The fraction of sp³-hybridized carbons (Fsp3) is 0.545. The lowest BCUT2D eigenvalue weighted by Gasteiger charge is -2.44. The molecule has 2 aliphatic heterocycles. The van der Waals surface area contributed by atoms with Gasteiger partial charge in [0.05, 0.1) is 28.6 Å². The van der Waals surface area contributed by atoms with Gasteiger partial charge in [-0.25, -0.2) is 0 Å². The molecule has 150 valence electrons. The van der Waals surface area contributed by atoms with E-state index in [1.165, 1.54) is 24.8 Å². The molecule has 1 spiro atoms. The van der Waals surface area contributed by atoms with Crippen LogP contribution in [0.4, 0.5) is 5.69 Å². The first-order valence-electron chi connectivity index (χ1n) is 10.5. The highest BCUT2D eigenvalue weighted by Crippen LogP contribution is 2.49. The summed E-state index contributed by atoms with van der Waals surface area (Å²) in [6.45, 7) is 6.54. The van der Waals surface area contributed by atoms with Crippen LogP contribution in [0.3, 0.4) is 0 Å². The van der Waals surface area contributed by atoms with Gasteiger partial charge in [-0.15, -0.1) is 0 Å². The van der Waals surface area contributed by atoms with Gasteiger partial charge in [0.2, 0.25) is 0 Å². The molecule has 1 aliphatic carbocycles. The summed E-state index contributed by atoms with van der Waals surface area (Å²) in [5.41, 5.74) is 2.96. The zero-order chi connectivity index (χ0) is 19.1. The molecule has 0 atom stereocenters. The predicted octanol–water partition coefficient (Wildman–Crippen LogP) is 5.00. The van der Waals surface area contributed by atoms with Crippen molar-refractivity contribution >= 4 is 28.3 Å². The van der Waals surface area contributed by atoms with Crippen molar-refractivity contribution in [3.8, 4) is 0 Å². The van der Waals surface area contributed by atoms with Crippen LogP contribution in [0.1, 0.15) is 56.3 Å². The molecular formula is C22H28ClN3O2. The Balaban J connectivity index is 1.52. The standard InChI is InChI=1S/C22H28ClN3O2/c1-14-25-20-18(23)12-15-11-17(13-24-16-5-9-27-10-6-16)28-21(15)19(20)22(26-14)7-3-2-4-8-22/h11-12,16,24-26H,1-10,13H2. The van der Waals surface area contributed by atoms with Gasteiger partial charge in [0.15, 0.2) is 0 Å². The van der Waals surface area contributed by atoms with Crippen LogP contribution >= 0.6 is 11.6 Å². The Morgan fingerprint density at radius 2 is 1.96 bits per heavy atom. The van der Waals surface area contributed by atoms with Crippen molar-refractivity contribution in [2.75, 3.05) is 18.5 Å². The molecular weight excluding hydrogens is 374 g/mol. The summed E-state index contributed by atoms with van der Waals surface area (Å²) >= 11 is 6.69. The van der Waals surface area contributed by atoms with Crippen LogP contribution in [0.2, 0.25) is 5.02 Å². The summed E-state index contributed by atoms with van der Waals surface area (Å²) in [5, 5.41) is 12.4. The third-order valence-corrected chi connectivity index (χ3v) is 6.75.